The van der Waals surface area contributed by atoms with Crippen LogP contribution in [0.5, 0.6) is 0 Å². The Kier molecular flexibility index (Phi) is 3.44. The van der Waals surface area contributed by atoms with Crippen molar-refractivity contribution in [2.75, 3.05) is 0 Å². The van der Waals surface area contributed by atoms with Gasteiger partial charge in [0.05, 0.1) is 0 Å². The minimum Gasteiger partial charge on any atom is -0.0843 e. The third-order valence-corrected chi connectivity index (χ3v) is 3.21. The van der Waals surface area contributed by atoms with Gasteiger partial charge in [-0.05, 0) is 30.7 Å². The second kappa shape index (κ2) is 4.67. The number of rotatable bonds is 1. The Morgan fingerprint density at radius 1 is 0.750 bits per heavy atom. The lowest BCUT2D eigenvalue weighted by atomic mass is 10.0. The monoisotopic (exact) mass is 270 g/mol. The van der Waals surface area contributed by atoms with Gasteiger partial charge >= 0.3 is 0 Å². The summed E-state index contributed by atoms with van der Waals surface area (Å²) in [7, 11) is 0. The number of hydrogen-bond donors (Lipinski definition) is 0. The topological polar surface area (TPSA) is 0 Å². The van der Waals surface area contributed by atoms with Crippen molar-refractivity contribution < 1.29 is 0 Å². The largest absolute Gasteiger partial charge is 0.0843 e. The van der Waals surface area contributed by atoms with Gasteiger partial charge in [0, 0.05) is 26.2 Å². The Labute approximate surface area is 110 Å². The van der Waals surface area contributed by atoms with Crippen LogP contribution >= 0.6 is 34.8 Å². The second-order valence-electron chi connectivity index (χ2n) is 3.61. The van der Waals surface area contributed by atoms with Crippen LogP contribution in [0.15, 0.2) is 36.4 Å². The lowest BCUT2D eigenvalue weighted by Gasteiger charge is -2.08. The third-order valence-electron chi connectivity index (χ3n) is 2.35. The van der Waals surface area contributed by atoms with Gasteiger partial charge < -0.3 is 0 Å². The third kappa shape index (κ3) is 2.35. The molecule has 3 heteroatoms. The van der Waals surface area contributed by atoms with Crippen molar-refractivity contribution in [3.63, 3.8) is 0 Å². The molecule has 0 aliphatic rings. The number of aryl methyl sites for hydroxylation is 1. The molecule has 0 radical (unpaired) electrons. The molecule has 0 spiro atoms. The summed E-state index contributed by atoms with van der Waals surface area (Å²) < 4.78 is 0. The van der Waals surface area contributed by atoms with Gasteiger partial charge in [0.25, 0.3) is 0 Å². The van der Waals surface area contributed by atoms with Crippen molar-refractivity contribution in [2.24, 2.45) is 0 Å². The van der Waals surface area contributed by atoms with Gasteiger partial charge in [-0.25, -0.2) is 0 Å². The Hall–Kier alpha value is -0.690. The average molecular weight is 272 g/mol. The minimum atomic E-state index is 0.609. The number of benzene rings is 2. The quantitative estimate of drug-likeness (QED) is 0.631. The lowest BCUT2D eigenvalue weighted by Crippen LogP contribution is -1.82. The molecule has 0 heterocycles. The minimum absolute atomic E-state index is 0.609. The lowest BCUT2D eigenvalue weighted by molar-refractivity contribution is 1.47. The molecule has 0 atom stereocenters. The molecule has 0 nitrogen and oxygen atoms in total. The van der Waals surface area contributed by atoms with Gasteiger partial charge in [-0.15, -0.1) is 0 Å². The first-order valence-corrected chi connectivity index (χ1v) is 5.93. The molecule has 0 aliphatic carbocycles. The van der Waals surface area contributed by atoms with Gasteiger partial charge in [-0.3, -0.25) is 0 Å². The molecule has 82 valence electrons. The first-order chi connectivity index (χ1) is 7.58. The van der Waals surface area contributed by atoms with Crippen molar-refractivity contribution in [3.05, 3.63) is 57.0 Å². The molecule has 0 saturated carbocycles. The summed E-state index contributed by atoms with van der Waals surface area (Å²) in [6.45, 7) is 2.00. The zero-order chi connectivity index (χ0) is 11.7. The standard InChI is InChI=1S/C13H9Cl3/c1-8-2-4-10(12(15)6-8)11-5-3-9(14)7-13(11)16/h2-7H,1H3. The molecule has 2 rings (SSSR count). The summed E-state index contributed by atoms with van der Waals surface area (Å²) >= 11 is 18.2. The molecule has 2 aromatic carbocycles. The molecule has 0 unspecified atom stereocenters. The van der Waals surface area contributed by atoms with Gasteiger partial charge in [0.1, 0.15) is 0 Å². The predicted molar refractivity (Wildman–Crippen MR) is 71.6 cm³/mol. The molecule has 0 aromatic heterocycles. The Morgan fingerprint density at radius 2 is 1.31 bits per heavy atom. The average Bonchev–Trinajstić information content (AvgIpc) is 2.19. The first-order valence-electron chi connectivity index (χ1n) is 4.79. The fourth-order valence-electron chi connectivity index (χ4n) is 1.55. The highest BCUT2D eigenvalue weighted by molar-refractivity contribution is 6.38. The SMILES string of the molecule is Cc1ccc(-c2ccc(Cl)cc2Cl)c(Cl)c1. The van der Waals surface area contributed by atoms with Crippen molar-refractivity contribution >= 4 is 34.8 Å². The summed E-state index contributed by atoms with van der Waals surface area (Å²) in [6.07, 6.45) is 0. The zero-order valence-corrected chi connectivity index (χ0v) is 10.9. The highest BCUT2D eigenvalue weighted by Gasteiger charge is 2.07. The van der Waals surface area contributed by atoms with Crippen LogP contribution < -0.4 is 0 Å². The molecule has 16 heavy (non-hydrogen) atoms. The van der Waals surface area contributed by atoms with Crippen molar-refractivity contribution in [1.82, 2.24) is 0 Å². The Balaban J connectivity index is 2.59. The molecule has 2 aromatic rings. The fourth-order valence-corrected chi connectivity index (χ4v) is 2.39. The van der Waals surface area contributed by atoms with Crippen molar-refractivity contribution in [1.29, 1.82) is 0 Å². The molecule has 0 saturated heterocycles. The molecule has 0 fully saturated rings. The van der Waals surface area contributed by atoms with E-state index in [1.165, 1.54) is 0 Å². The fraction of sp³-hybridized carbons (Fsp3) is 0.0769. The highest BCUT2D eigenvalue weighted by atomic mass is 35.5. The van der Waals surface area contributed by atoms with E-state index in [1.807, 2.05) is 31.2 Å². The van der Waals surface area contributed by atoms with Crippen LogP contribution in [0.25, 0.3) is 11.1 Å². The van der Waals surface area contributed by atoms with E-state index in [2.05, 4.69) is 0 Å². The van der Waals surface area contributed by atoms with E-state index >= 15 is 0 Å². The van der Waals surface area contributed by atoms with Crippen LogP contribution in [0.1, 0.15) is 5.56 Å². The van der Waals surface area contributed by atoms with E-state index in [0.29, 0.717) is 15.1 Å². The van der Waals surface area contributed by atoms with Gasteiger partial charge in [0.2, 0.25) is 0 Å². The smallest absolute Gasteiger partial charge is 0.0499 e. The molecule has 0 aliphatic heterocycles. The maximum atomic E-state index is 6.18. The first kappa shape index (κ1) is 11.8. The van der Waals surface area contributed by atoms with E-state index in [4.69, 9.17) is 34.8 Å². The van der Waals surface area contributed by atoms with E-state index < -0.39 is 0 Å². The normalized spacial score (nSPS) is 10.5. The van der Waals surface area contributed by atoms with Crippen molar-refractivity contribution in [2.45, 2.75) is 6.92 Å². The Bertz CT molecular complexity index is 483. The highest BCUT2D eigenvalue weighted by Crippen LogP contribution is 2.34. The van der Waals surface area contributed by atoms with Gasteiger partial charge in [0.15, 0.2) is 0 Å². The Morgan fingerprint density at radius 3 is 1.88 bits per heavy atom. The van der Waals surface area contributed by atoms with E-state index in [0.717, 1.165) is 16.7 Å². The second-order valence-corrected chi connectivity index (χ2v) is 4.86. The van der Waals surface area contributed by atoms with Crippen LogP contribution in [0.2, 0.25) is 15.1 Å². The number of hydrogen-bond acceptors (Lipinski definition) is 0. The van der Waals surface area contributed by atoms with Crippen molar-refractivity contribution in [3.8, 4) is 11.1 Å². The maximum absolute atomic E-state index is 6.18. The summed E-state index contributed by atoms with van der Waals surface area (Å²) in [6, 6.07) is 11.3. The van der Waals surface area contributed by atoms with E-state index in [-0.39, 0.29) is 0 Å². The summed E-state index contributed by atoms with van der Waals surface area (Å²) in [5.74, 6) is 0. The maximum Gasteiger partial charge on any atom is 0.0499 e. The molecule has 0 N–H and O–H groups in total. The number of halogens is 3. The predicted octanol–water partition coefficient (Wildman–Crippen LogP) is 5.62. The summed E-state index contributed by atoms with van der Waals surface area (Å²) in [4.78, 5) is 0. The van der Waals surface area contributed by atoms with Crippen LogP contribution in [0, 0.1) is 6.92 Å². The van der Waals surface area contributed by atoms with E-state index in [1.54, 1.807) is 12.1 Å². The molecular weight excluding hydrogens is 263 g/mol. The van der Waals surface area contributed by atoms with Crippen LogP contribution in [0.4, 0.5) is 0 Å². The van der Waals surface area contributed by atoms with Crippen LogP contribution in [-0.4, -0.2) is 0 Å². The van der Waals surface area contributed by atoms with Crippen LogP contribution in [-0.2, 0) is 0 Å². The zero-order valence-electron chi connectivity index (χ0n) is 8.60. The summed E-state index contributed by atoms with van der Waals surface area (Å²) in [5.41, 5.74) is 2.95. The molecule has 0 bridgehead atoms. The summed E-state index contributed by atoms with van der Waals surface area (Å²) in [5, 5.41) is 1.93. The van der Waals surface area contributed by atoms with E-state index in [9.17, 15) is 0 Å². The van der Waals surface area contributed by atoms with Crippen LogP contribution in [0.3, 0.4) is 0 Å². The molecule has 0 amide bonds. The van der Waals surface area contributed by atoms with Gasteiger partial charge in [-0.2, -0.15) is 0 Å². The molecular formula is C13H9Cl3. The van der Waals surface area contributed by atoms with Gasteiger partial charge in [-0.1, -0.05) is 53.0 Å².